The van der Waals surface area contributed by atoms with Crippen LogP contribution in [-0.2, 0) is 0 Å². The van der Waals surface area contributed by atoms with Crippen LogP contribution in [-0.4, -0.2) is 47.1 Å². The van der Waals surface area contributed by atoms with Crippen LogP contribution in [0.3, 0.4) is 0 Å². The predicted octanol–water partition coefficient (Wildman–Crippen LogP) is 2.48. The van der Waals surface area contributed by atoms with E-state index in [0.29, 0.717) is 23.9 Å². The Bertz CT molecular complexity index is 720. The minimum Gasteiger partial charge on any atom is -0.477 e. The van der Waals surface area contributed by atoms with Crippen molar-refractivity contribution in [3.63, 3.8) is 0 Å². The molecule has 1 aliphatic heterocycles. The first-order valence-corrected chi connectivity index (χ1v) is 8.05. The van der Waals surface area contributed by atoms with Crippen molar-refractivity contribution in [3.8, 4) is 11.8 Å². The van der Waals surface area contributed by atoms with Crippen LogP contribution < -0.4 is 9.47 Å². The van der Waals surface area contributed by atoms with Gasteiger partial charge in [0, 0.05) is 24.5 Å². The maximum Gasteiger partial charge on any atom is 0.278 e. The van der Waals surface area contributed by atoms with Crippen LogP contribution in [0, 0.1) is 6.92 Å². The number of rotatable bonds is 4. The molecule has 1 atom stereocenters. The highest BCUT2D eigenvalue weighted by atomic mass is 16.5. The van der Waals surface area contributed by atoms with E-state index in [2.05, 4.69) is 9.97 Å². The molecule has 6 heteroatoms. The number of aromatic nitrogens is 2. The summed E-state index contributed by atoms with van der Waals surface area (Å²) in [7, 11) is 1.53. The van der Waals surface area contributed by atoms with Gasteiger partial charge in [0.15, 0.2) is 0 Å². The monoisotopic (exact) mass is 327 g/mol. The zero-order valence-electron chi connectivity index (χ0n) is 13.9. The molecular weight excluding hydrogens is 306 g/mol. The van der Waals surface area contributed by atoms with Gasteiger partial charge in [0.05, 0.1) is 13.7 Å². The number of likely N-dealkylation sites (tertiary alicyclic amines) is 1. The van der Waals surface area contributed by atoms with Gasteiger partial charge in [-0.15, -0.1) is 0 Å². The normalized spacial score (nSPS) is 17.4. The minimum absolute atomic E-state index is 0.0399. The number of hydrogen-bond donors (Lipinski definition) is 0. The number of nitrogens with zero attached hydrogens (tertiary/aromatic N) is 3. The second-order valence-electron chi connectivity index (χ2n) is 5.87. The highest BCUT2D eigenvalue weighted by Crippen LogP contribution is 2.24. The fourth-order valence-corrected chi connectivity index (χ4v) is 2.87. The van der Waals surface area contributed by atoms with Crippen LogP contribution in [0.2, 0.25) is 0 Å². The highest BCUT2D eigenvalue weighted by molar-refractivity contribution is 5.94. The van der Waals surface area contributed by atoms with Gasteiger partial charge in [-0.1, -0.05) is 17.7 Å². The molecule has 6 nitrogen and oxygen atoms in total. The first-order chi connectivity index (χ1) is 11.7. The topological polar surface area (TPSA) is 64.6 Å². The number of aryl methyl sites for hydroxylation is 1. The lowest BCUT2D eigenvalue weighted by atomic mass is 10.1. The first-order valence-electron chi connectivity index (χ1n) is 8.05. The molecule has 1 aromatic heterocycles. The molecule has 0 N–H and O–H groups in total. The molecule has 1 fully saturated rings. The van der Waals surface area contributed by atoms with Crippen molar-refractivity contribution < 1.29 is 14.3 Å². The summed E-state index contributed by atoms with van der Waals surface area (Å²) in [6.07, 6.45) is 4.77. The summed E-state index contributed by atoms with van der Waals surface area (Å²) >= 11 is 0. The Hall–Kier alpha value is -2.63. The summed E-state index contributed by atoms with van der Waals surface area (Å²) in [6.45, 7) is 3.26. The molecule has 126 valence electrons. The van der Waals surface area contributed by atoms with Gasteiger partial charge in [-0.3, -0.25) is 4.79 Å². The Labute approximate surface area is 141 Å². The molecule has 0 radical (unpaired) electrons. The zero-order chi connectivity index (χ0) is 16.9. The standard InChI is InChI=1S/C18H21N3O3/c1-13-5-3-6-14(11-13)18(22)21-10-4-7-15(12-21)24-17-16(23-2)19-8-9-20-17/h3,5-6,8-9,11,15H,4,7,10,12H2,1-2H3. The SMILES string of the molecule is COc1nccnc1OC1CCCN(C(=O)c2cccc(C)c2)C1. The summed E-state index contributed by atoms with van der Waals surface area (Å²) in [6, 6.07) is 7.66. The Morgan fingerprint density at radius 3 is 2.79 bits per heavy atom. The third kappa shape index (κ3) is 3.64. The highest BCUT2D eigenvalue weighted by Gasteiger charge is 2.27. The molecule has 1 aromatic carbocycles. The van der Waals surface area contributed by atoms with E-state index in [9.17, 15) is 4.79 Å². The number of methoxy groups -OCH3 is 1. The molecule has 2 aromatic rings. The van der Waals surface area contributed by atoms with Crippen LogP contribution in [0.15, 0.2) is 36.7 Å². The van der Waals surface area contributed by atoms with Crippen LogP contribution in [0.1, 0.15) is 28.8 Å². The quantitative estimate of drug-likeness (QED) is 0.863. The van der Waals surface area contributed by atoms with E-state index in [1.54, 1.807) is 12.4 Å². The van der Waals surface area contributed by atoms with Crippen LogP contribution in [0.5, 0.6) is 11.8 Å². The van der Waals surface area contributed by atoms with Crippen LogP contribution >= 0.6 is 0 Å². The third-order valence-electron chi connectivity index (χ3n) is 4.04. The number of benzene rings is 1. The lowest BCUT2D eigenvalue weighted by Gasteiger charge is -2.32. The third-order valence-corrected chi connectivity index (χ3v) is 4.04. The number of carbonyl (C=O) groups excluding carboxylic acids is 1. The molecule has 0 aliphatic carbocycles. The molecule has 1 aliphatic rings. The fourth-order valence-electron chi connectivity index (χ4n) is 2.87. The summed E-state index contributed by atoms with van der Waals surface area (Å²) in [5.41, 5.74) is 1.79. The maximum atomic E-state index is 12.7. The lowest BCUT2D eigenvalue weighted by Crippen LogP contribution is -2.44. The van der Waals surface area contributed by atoms with Gasteiger partial charge in [-0.2, -0.15) is 0 Å². The number of hydrogen-bond acceptors (Lipinski definition) is 5. The van der Waals surface area contributed by atoms with Crippen molar-refractivity contribution in [2.45, 2.75) is 25.9 Å². The molecule has 1 unspecified atom stereocenters. The minimum atomic E-state index is -0.113. The average molecular weight is 327 g/mol. The Morgan fingerprint density at radius 2 is 2.04 bits per heavy atom. The average Bonchev–Trinajstić information content (AvgIpc) is 2.62. The van der Waals surface area contributed by atoms with Crippen LogP contribution in [0.25, 0.3) is 0 Å². The molecule has 1 amide bonds. The van der Waals surface area contributed by atoms with Gasteiger partial charge >= 0.3 is 0 Å². The summed E-state index contributed by atoms with van der Waals surface area (Å²) in [4.78, 5) is 22.8. The number of ether oxygens (including phenoxy) is 2. The van der Waals surface area contributed by atoms with Crippen molar-refractivity contribution in [2.75, 3.05) is 20.2 Å². The summed E-state index contributed by atoms with van der Waals surface area (Å²) < 4.78 is 11.1. The van der Waals surface area contributed by atoms with Crippen molar-refractivity contribution >= 4 is 5.91 Å². The van der Waals surface area contributed by atoms with E-state index in [1.807, 2.05) is 36.1 Å². The zero-order valence-corrected chi connectivity index (χ0v) is 13.9. The molecule has 0 spiro atoms. The lowest BCUT2D eigenvalue weighted by molar-refractivity contribution is 0.0519. The number of carbonyl (C=O) groups is 1. The van der Waals surface area contributed by atoms with E-state index in [-0.39, 0.29) is 12.0 Å². The van der Waals surface area contributed by atoms with Gasteiger partial charge in [0.2, 0.25) is 0 Å². The van der Waals surface area contributed by atoms with Crippen molar-refractivity contribution in [1.29, 1.82) is 0 Å². The number of piperidine rings is 1. The van der Waals surface area contributed by atoms with E-state index >= 15 is 0 Å². The molecule has 0 saturated carbocycles. The summed E-state index contributed by atoms with van der Waals surface area (Å²) in [5, 5.41) is 0. The van der Waals surface area contributed by atoms with E-state index in [1.165, 1.54) is 7.11 Å². The Morgan fingerprint density at radius 1 is 1.25 bits per heavy atom. The molecule has 24 heavy (non-hydrogen) atoms. The van der Waals surface area contributed by atoms with E-state index in [4.69, 9.17) is 9.47 Å². The molecular formula is C18H21N3O3. The molecule has 3 rings (SSSR count). The van der Waals surface area contributed by atoms with Crippen LogP contribution in [0.4, 0.5) is 0 Å². The molecule has 0 bridgehead atoms. The number of amides is 1. The predicted molar refractivity (Wildman–Crippen MR) is 89.3 cm³/mol. The van der Waals surface area contributed by atoms with E-state index < -0.39 is 0 Å². The largest absolute Gasteiger partial charge is 0.477 e. The molecule has 1 saturated heterocycles. The Kier molecular flexibility index (Phi) is 4.93. The van der Waals surface area contributed by atoms with Gasteiger partial charge in [0.1, 0.15) is 6.10 Å². The van der Waals surface area contributed by atoms with Crippen molar-refractivity contribution in [3.05, 3.63) is 47.8 Å². The van der Waals surface area contributed by atoms with Gasteiger partial charge < -0.3 is 14.4 Å². The molecule has 2 heterocycles. The van der Waals surface area contributed by atoms with Gasteiger partial charge in [-0.05, 0) is 31.9 Å². The second kappa shape index (κ2) is 7.29. The fraction of sp³-hybridized carbons (Fsp3) is 0.389. The Balaban J connectivity index is 1.69. The van der Waals surface area contributed by atoms with Gasteiger partial charge in [-0.25, -0.2) is 9.97 Å². The van der Waals surface area contributed by atoms with Crippen molar-refractivity contribution in [1.82, 2.24) is 14.9 Å². The van der Waals surface area contributed by atoms with Gasteiger partial charge in [0.25, 0.3) is 17.7 Å². The smallest absolute Gasteiger partial charge is 0.278 e. The second-order valence-corrected chi connectivity index (χ2v) is 5.87. The van der Waals surface area contributed by atoms with Crippen molar-refractivity contribution in [2.24, 2.45) is 0 Å². The first kappa shape index (κ1) is 16.2. The maximum absolute atomic E-state index is 12.7. The van der Waals surface area contributed by atoms with E-state index in [0.717, 1.165) is 24.9 Å². The summed E-state index contributed by atoms with van der Waals surface area (Å²) in [5.74, 6) is 0.771.